The van der Waals surface area contributed by atoms with Crippen molar-refractivity contribution in [1.82, 2.24) is 4.90 Å². The standard InChI is InChI=1S/C24H26N2O3/c1-4-29-19-11-9-18(10-12-19)21-22(24(28)26(23(21)27)15-16(2)3)25-14-13-17-7-5-6-8-20(17)25/h5-12,16H,4,13-15H2,1-3H3. The number of para-hydroxylation sites is 1. The zero-order chi connectivity index (χ0) is 20.5. The van der Waals surface area contributed by atoms with E-state index < -0.39 is 0 Å². The van der Waals surface area contributed by atoms with Gasteiger partial charge in [0.1, 0.15) is 11.4 Å². The molecule has 0 aliphatic carbocycles. The Bertz CT molecular complexity index is 976. The van der Waals surface area contributed by atoms with Crippen molar-refractivity contribution in [2.75, 3.05) is 24.6 Å². The zero-order valence-electron chi connectivity index (χ0n) is 17.1. The minimum absolute atomic E-state index is 0.203. The minimum Gasteiger partial charge on any atom is -0.494 e. The highest BCUT2D eigenvalue weighted by Crippen LogP contribution is 2.39. The van der Waals surface area contributed by atoms with Crippen molar-refractivity contribution in [2.45, 2.75) is 27.2 Å². The van der Waals surface area contributed by atoms with Gasteiger partial charge in [-0.15, -0.1) is 0 Å². The first kappa shape index (κ1) is 19.2. The molecule has 0 N–H and O–H groups in total. The second-order valence-corrected chi connectivity index (χ2v) is 7.83. The van der Waals surface area contributed by atoms with Gasteiger partial charge in [0.05, 0.1) is 12.2 Å². The molecule has 2 aliphatic heterocycles. The smallest absolute Gasteiger partial charge is 0.278 e. The highest BCUT2D eigenvalue weighted by molar-refractivity contribution is 6.36. The lowest BCUT2D eigenvalue weighted by Gasteiger charge is -2.22. The van der Waals surface area contributed by atoms with Gasteiger partial charge in [0.2, 0.25) is 0 Å². The fourth-order valence-corrected chi connectivity index (χ4v) is 4.06. The lowest BCUT2D eigenvalue weighted by Crippen LogP contribution is -2.37. The number of hydrogen-bond donors (Lipinski definition) is 0. The molecule has 4 rings (SSSR count). The summed E-state index contributed by atoms with van der Waals surface area (Å²) in [6.07, 6.45) is 0.863. The summed E-state index contributed by atoms with van der Waals surface area (Å²) in [6, 6.07) is 15.5. The molecular weight excluding hydrogens is 364 g/mol. The summed E-state index contributed by atoms with van der Waals surface area (Å²) in [4.78, 5) is 30.1. The van der Waals surface area contributed by atoms with Crippen molar-refractivity contribution >= 4 is 23.1 Å². The molecule has 2 aromatic rings. The highest BCUT2D eigenvalue weighted by Gasteiger charge is 2.43. The molecule has 0 radical (unpaired) electrons. The van der Waals surface area contributed by atoms with E-state index in [0.29, 0.717) is 31.0 Å². The van der Waals surface area contributed by atoms with Gasteiger partial charge in [0, 0.05) is 18.8 Å². The number of anilines is 1. The molecule has 0 atom stereocenters. The third-order valence-electron chi connectivity index (χ3n) is 5.30. The molecule has 5 nitrogen and oxygen atoms in total. The van der Waals surface area contributed by atoms with E-state index in [4.69, 9.17) is 4.74 Å². The van der Waals surface area contributed by atoms with Crippen molar-refractivity contribution in [2.24, 2.45) is 5.92 Å². The molecule has 5 heteroatoms. The fourth-order valence-electron chi connectivity index (χ4n) is 4.06. The van der Waals surface area contributed by atoms with Crippen LogP contribution in [0, 0.1) is 5.92 Å². The number of fused-ring (bicyclic) bond motifs is 1. The van der Waals surface area contributed by atoms with Gasteiger partial charge in [0.15, 0.2) is 0 Å². The molecule has 0 unspecified atom stereocenters. The Balaban J connectivity index is 1.81. The largest absolute Gasteiger partial charge is 0.494 e. The summed E-state index contributed by atoms with van der Waals surface area (Å²) in [5.74, 6) is 0.534. The zero-order valence-corrected chi connectivity index (χ0v) is 17.1. The minimum atomic E-state index is -0.216. The van der Waals surface area contributed by atoms with Crippen molar-refractivity contribution in [3.05, 3.63) is 65.4 Å². The Morgan fingerprint density at radius 2 is 1.72 bits per heavy atom. The molecule has 2 aromatic carbocycles. The van der Waals surface area contributed by atoms with E-state index in [1.165, 1.54) is 10.5 Å². The number of hydrogen-bond acceptors (Lipinski definition) is 4. The summed E-state index contributed by atoms with van der Waals surface area (Å²) in [6.45, 7) is 7.65. The van der Waals surface area contributed by atoms with Crippen LogP contribution in [0.1, 0.15) is 31.9 Å². The average molecular weight is 390 g/mol. The van der Waals surface area contributed by atoms with Crippen LogP contribution in [0.3, 0.4) is 0 Å². The number of carbonyl (C=O) groups is 2. The molecule has 2 amide bonds. The van der Waals surface area contributed by atoms with Gasteiger partial charge in [-0.05, 0) is 48.6 Å². The van der Waals surface area contributed by atoms with Gasteiger partial charge in [-0.2, -0.15) is 0 Å². The number of ether oxygens (including phenoxy) is 1. The Morgan fingerprint density at radius 3 is 2.41 bits per heavy atom. The summed E-state index contributed by atoms with van der Waals surface area (Å²) in [5, 5.41) is 0. The molecule has 0 aromatic heterocycles. The SMILES string of the molecule is CCOc1ccc(C2=C(N3CCc4ccccc43)C(=O)N(CC(C)C)C2=O)cc1. The van der Waals surface area contributed by atoms with Crippen molar-refractivity contribution in [1.29, 1.82) is 0 Å². The predicted octanol–water partition coefficient (Wildman–Crippen LogP) is 3.88. The van der Waals surface area contributed by atoms with E-state index in [0.717, 1.165) is 23.4 Å². The van der Waals surface area contributed by atoms with Gasteiger partial charge < -0.3 is 9.64 Å². The Morgan fingerprint density at radius 1 is 1.00 bits per heavy atom. The van der Waals surface area contributed by atoms with Crippen LogP contribution in [0.15, 0.2) is 54.2 Å². The van der Waals surface area contributed by atoms with Gasteiger partial charge >= 0.3 is 0 Å². The topological polar surface area (TPSA) is 49.9 Å². The van der Waals surface area contributed by atoms with Crippen LogP contribution in [0.4, 0.5) is 5.69 Å². The van der Waals surface area contributed by atoms with Crippen molar-refractivity contribution < 1.29 is 14.3 Å². The van der Waals surface area contributed by atoms with Gasteiger partial charge in [0.25, 0.3) is 11.8 Å². The van der Waals surface area contributed by atoms with Gasteiger partial charge in [-0.25, -0.2) is 0 Å². The van der Waals surface area contributed by atoms with Crippen LogP contribution in [0.25, 0.3) is 5.57 Å². The number of imide groups is 1. The second-order valence-electron chi connectivity index (χ2n) is 7.83. The first-order chi connectivity index (χ1) is 14.0. The molecule has 0 saturated heterocycles. The number of benzene rings is 2. The van der Waals surface area contributed by atoms with Gasteiger partial charge in [-0.1, -0.05) is 44.2 Å². The van der Waals surface area contributed by atoms with Crippen molar-refractivity contribution in [3.8, 4) is 5.75 Å². The van der Waals surface area contributed by atoms with Crippen LogP contribution in [-0.4, -0.2) is 36.4 Å². The maximum absolute atomic E-state index is 13.4. The molecule has 2 aliphatic rings. The maximum Gasteiger partial charge on any atom is 0.278 e. The predicted molar refractivity (Wildman–Crippen MR) is 114 cm³/mol. The van der Waals surface area contributed by atoms with Crippen LogP contribution >= 0.6 is 0 Å². The summed E-state index contributed by atoms with van der Waals surface area (Å²) < 4.78 is 5.53. The molecule has 150 valence electrons. The third-order valence-corrected chi connectivity index (χ3v) is 5.30. The first-order valence-electron chi connectivity index (χ1n) is 10.2. The molecule has 0 fully saturated rings. The molecule has 0 saturated carbocycles. The molecule has 0 spiro atoms. The molecule has 0 bridgehead atoms. The van der Waals surface area contributed by atoms with E-state index in [1.54, 1.807) is 0 Å². The van der Waals surface area contributed by atoms with Crippen LogP contribution in [0.5, 0.6) is 5.75 Å². The van der Waals surface area contributed by atoms with Crippen LogP contribution < -0.4 is 9.64 Å². The number of carbonyl (C=O) groups excluding carboxylic acids is 2. The van der Waals surface area contributed by atoms with Crippen molar-refractivity contribution in [3.63, 3.8) is 0 Å². The Labute approximate surface area is 171 Å². The Hall–Kier alpha value is -3.08. The monoisotopic (exact) mass is 390 g/mol. The number of nitrogens with zero attached hydrogens (tertiary/aromatic N) is 2. The normalized spacial score (nSPS) is 16.3. The lowest BCUT2D eigenvalue weighted by molar-refractivity contribution is -0.137. The first-order valence-corrected chi connectivity index (χ1v) is 10.2. The van der Waals surface area contributed by atoms with E-state index in [2.05, 4.69) is 6.07 Å². The van der Waals surface area contributed by atoms with E-state index >= 15 is 0 Å². The molecule has 2 heterocycles. The fraction of sp³-hybridized carbons (Fsp3) is 0.333. The maximum atomic E-state index is 13.4. The van der Waals surface area contributed by atoms with E-state index in [9.17, 15) is 9.59 Å². The summed E-state index contributed by atoms with van der Waals surface area (Å²) in [5.41, 5.74) is 3.93. The Kier molecular flexibility index (Phi) is 5.14. The second kappa shape index (κ2) is 7.74. The number of rotatable bonds is 6. The number of amides is 2. The summed E-state index contributed by atoms with van der Waals surface area (Å²) >= 11 is 0. The summed E-state index contributed by atoms with van der Waals surface area (Å²) in [7, 11) is 0. The van der Waals surface area contributed by atoms with E-state index in [-0.39, 0.29) is 17.7 Å². The van der Waals surface area contributed by atoms with E-state index in [1.807, 2.05) is 68.1 Å². The quantitative estimate of drug-likeness (QED) is 0.703. The molecular formula is C24H26N2O3. The van der Waals surface area contributed by atoms with Crippen LogP contribution in [0.2, 0.25) is 0 Å². The highest BCUT2D eigenvalue weighted by atomic mass is 16.5. The molecule has 29 heavy (non-hydrogen) atoms. The van der Waals surface area contributed by atoms with Gasteiger partial charge in [-0.3, -0.25) is 14.5 Å². The van der Waals surface area contributed by atoms with Crippen LogP contribution in [-0.2, 0) is 16.0 Å². The average Bonchev–Trinajstić information content (AvgIpc) is 3.23. The lowest BCUT2D eigenvalue weighted by atomic mass is 10.0. The third kappa shape index (κ3) is 3.41.